The molecule has 15 heavy (non-hydrogen) atoms. The summed E-state index contributed by atoms with van der Waals surface area (Å²) in [6.07, 6.45) is 4.37. The van der Waals surface area contributed by atoms with Crippen molar-refractivity contribution in [3.05, 3.63) is 30.2 Å². The first-order valence-electron chi connectivity index (χ1n) is 4.81. The summed E-state index contributed by atoms with van der Waals surface area (Å²) in [7, 11) is 1.87. The van der Waals surface area contributed by atoms with Crippen molar-refractivity contribution in [3.8, 4) is 11.5 Å². The van der Waals surface area contributed by atoms with E-state index in [0.29, 0.717) is 12.4 Å². The summed E-state index contributed by atoms with van der Waals surface area (Å²) < 4.78 is 1.73. The van der Waals surface area contributed by atoms with Crippen LogP contribution in [0.25, 0.3) is 11.5 Å². The first-order valence-corrected chi connectivity index (χ1v) is 4.81. The molecule has 0 unspecified atom stereocenters. The Hall–Kier alpha value is -1.75. The first-order chi connectivity index (χ1) is 7.29. The van der Waals surface area contributed by atoms with E-state index >= 15 is 0 Å². The van der Waals surface area contributed by atoms with Gasteiger partial charge in [-0.2, -0.15) is 5.10 Å². The zero-order valence-corrected chi connectivity index (χ0v) is 8.59. The van der Waals surface area contributed by atoms with Crippen molar-refractivity contribution in [3.63, 3.8) is 0 Å². The van der Waals surface area contributed by atoms with E-state index in [0.717, 1.165) is 17.8 Å². The average Bonchev–Trinajstić information content (AvgIpc) is 2.66. The fraction of sp³-hybridized carbons (Fsp3) is 0.300. The molecule has 2 heterocycles. The molecule has 2 aromatic rings. The number of nitrogens with zero attached hydrogens (tertiary/aromatic N) is 4. The average molecular weight is 203 g/mol. The van der Waals surface area contributed by atoms with Gasteiger partial charge in [-0.05, 0) is 18.7 Å². The third-order valence-electron chi connectivity index (χ3n) is 2.06. The molecule has 0 aromatic carbocycles. The van der Waals surface area contributed by atoms with Crippen LogP contribution < -0.4 is 5.73 Å². The number of hydrogen-bond donors (Lipinski definition) is 1. The van der Waals surface area contributed by atoms with E-state index in [1.54, 1.807) is 10.9 Å². The summed E-state index contributed by atoms with van der Waals surface area (Å²) in [5.74, 6) is 0.654. The van der Waals surface area contributed by atoms with E-state index in [-0.39, 0.29) is 0 Å². The number of nitrogens with two attached hydrogens (primary N) is 1. The molecule has 0 amide bonds. The van der Waals surface area contributed by atoms with Crippen LogP contribution in [0.15, 0.2) is 24.5 Å². The summed E-state index contributed by atoms with van der Waals surface area (Å²) in [6, 6.07) is 3.76. The van der Waals surface area contributed by atoms with Gasteiger partial charge >= 0.3 is 0 Å². The molecule has 5 heteroatoms. The topological polar surface area (TPSA) is 69.6 Å². The highest BCUT2D eigenvalue weighted by atomic mass is 15.3. The molecule has 0 aliphatic heterocycles. The maximum Gasteiger partial charge on any atom is 0.180 e. The summed E-state index contributed by atoms with van der Waals surface area (Å²) in [5, 5.41) is 4.24. The van der Waals surface area contributed by atoms with Crippen LogP contribution in [0.4, 0.5) is 0 Å². The second kappa shape index (κ2) is 4.18. The Bertz CT molecular complexity index is 449. The van der Waals surface area contributed by atoms with Crippen LogP contribution in [-0.4, -0.2) is 26.3 Å². The third-order valence-corrected chi connectivity index (χ3v) is 2.06. The Kier molecular flexibility index (Phi) is 2.73. The van der Waals surface area contributed by atoms with Crippen LogP contribution in [-0.2, 0) is 13.5 Å². The maximum atomic E-state index is 5.47. The Morgan fingerprint density at radius 2 is 2.27 bits per heavy atom. The molecule has 0 saturated heterocycles. The van der Waals surface area contributed by atoms with Gasteiger partial charge in [0.2, 0.25) is 0 Å². The standard InChI is InChI=1S/C10H13N5/c1-15-7-4-9(14-15)10-12-6-3-8(13-10)2-5-11/h3-4,6-7H,2,5,11H2,1H3. The number of aromatic nitrogens is 4. The quantitative estimate of drug-likeness (QED) is 0.782. The Labute approximate surface area is 88.0 Å². The number of aryl methyl sites for hydroxylation is 1. The van der Waals surface area contributed by atoms with Gasteiger partial charge in [0.1, 0.15) is 5.69 Å². The molecule has 0 radical (unpaired) electrons. The molecular weight excluding hydrogens is 190 g/mol. The van der Waals surface area contributed by atoms with Gasteiger partial charge in [-0.3, -0.25) is 4.68 Å². The van der Waals surface area contributed by atoms with Gasteiger partial charge in [0.15, 0.2) is 5.82 Å². The molecule has 2 aromatic heterocycles. The SMILES string of the molecule is Cn1ccc(-c2nccc(CCN)n2)n1. The van der Waals surface area contributed by atoms with Crippen LogP contribution in [0.3, 0.4) is 0 Å². The summed E-state index contributed by atoms with van der Waals surface area (Å²) in [6.45, 7) is 0.596. The minimum Gasteiger partial charge on any atom is -0.330 e. The van der Waals surface area contributed by atoms with Gasteiger partial charge in [-0.15, -0.1) is 0 Å². The van der Waals surface area contributed by atoms with Crippen molar-refractivity contribution in [2.24, 2.45) is 12.8 Å². The van der Waals surface area contributed by atoms with E-state index in [1.165, 1.54) is 0 Å². The van der Waals surface area contributed by atoms with E-state index in [2.05, 4.69) is 15.1 Å². The van der Waals surface area contributed by atoms with Gasteiger partial charge in [-0.1, -0.05) is 0 Å². The van der Waals surface area contributed by atoms with Gasteiger partial charge < -0.3 is 5.73 Å². The lowest BCUT2D eigenvalue weighted by Gasteiger charge is -1.99. The predicted octanol–water partition coefficient (Wildman–Crippen LogP) is 0.378. The Morgan fingerprint density at radius 3 is 2.93 bits per heavy atom. The predicted molar refractivity (Wildman–Crippen MR) is 57.0 cm³/mol. The van der Waals surface area contributed by atoms with Crippen molar-refractivity contribution < 1.29 is 0 Å². The van der Waals surface area contributed by atoms with E-state index < -0.39 is 0 Å². The van der Waals surface area contributed by atoms with Crippen molar-refractivity contribution in [2.75, 3.05) is 6.54 Å². The molecule has 78 valence electrons. The smallest absolute Gasteiger partial charge is 0.180 e. The lowest BCUT2D eigenvalue weighted by Crippen LogP contribution is -2.05. The fourth-order valence-electron chi connectivity index (χ4n) is 1.34. The van der Waals surface area contributed by atoms with Crippen LogP contribution >= 0.6 is 0 Å². The minimum absolute atomic E-state index is 0.596. The number of rotatable bonds is 3. The van der Waals surface area contributed by atoms with E-state index in [4.69, 9.17) is 5.73 Å². The molecule has 0 fully saturated rings. The van der Waals surface area contributed by atoms with Crippen molar-refractivity contribution in [1.82, 2.24) is 19.7 Å². The van der Waals surface area contributed by atoms with Crippen LogP contribution in [0.5, 0.6) is 0 Å². The molecular formula is C10H13N5. The minimum atomic E-state index is 0.596. The lowest BCUT2D eigenvalue weighted by molar-refractivity contribution is 0.768. The molecule has 0 aliphatic rings. The second-order valence-corrected chi connectivity index (χ2v) is 3.28. The van der Waals surface area contributed by atoms with Crippen LogP contribution in [0.1, 0.15) is 5.69 Å². The zero-order valence-electron chi connectivity index (χ0n) is 8.59. The van der Waals surface area contributed by atoms with Crippen molar-refractivity contribution in [2.45, 2.75) is 6.42 Å². The molecule has 0 bridgehead atoms. The molecule has 2 N–H and O–H groups in total. The lowest BCUT2D eigenvalue weighted by atomic mass is 10.3. The summed E-state index contributed by atoms with van der Waals surface area (Å²) in [5.41, 5.74) is 7.21. The first kappa shape index (κ1) is 9.79. The van der Waals surface area contributed by atoms with Gasteiger partial charge in [0.25, 0.3) is 0 Å². The van der Waals surface area contributed by atoms with E-state index in [9.17, 15) is 0 Å². The van der Waals surface area contributed by atoms with Gasteiger partial charge in [0, 0.05) is 31.6 Å². The largest absolute Gasteiger partial charge is 0.330 e. The maximum absolute atomic E-state index is 5.47. The molecule has 0 spiro atoms. The van der Waals surface area contributed by atoms with Crippen LogP contribution in [0.2, 0.25) is 0 Å². The molecule has 0 saturated carbocycles. The highest BCUT2D eigenvalue weighted by molar-refractivity contribution is 5.47. The Balaban J connectivity index is 2.32. The summed E-state index contributed by atoms with van der Waals surface area (Å²) >= 11 is 0. The highest BCUT2D eigenvalue weighted by Gasteiger charge is 2.04. The zero-order chi connectivity index (χ0) is 10.7. The second-order valence-electron chi connectivity index (χ2n) is 3.28. The fourth-order valence-corrected chi connectivity index (χ4v) is 1.34. The normalized spacial score (nSPS) is 10.5. The summed E-state index contributed by atoms with van der Waals surface area (Å²) in [4.78, 5) is 8.56. The van der Waals surface area contributed by atoms with Gasteiger partial charge in [-0.25, -0.2) is 9.97 Å². The highest BCUT2D eigenvalue weighted by Crippen LogP contribution is 2.10. The van der Waals surface area contributed by atoms with E-state index in [1.807, 2.05) is 25.4 Å². The van der Waals surface area contributed by atoms with Gasteiger partial charge in [0.05, 0.1) is 0 Å². The van der Waals surface area contributed by atoms with Crippen LogP contribution in [0, 0.1) is 0 Å². The van der Waals surface area contributed by atoms with Crippen molar-refractivity contribution in [1.29, 1.82) is 0 Å². The monoisotopic (exact) mass is 203 g/mol. The Morgan fingerprint density at radius 1 is 1.40 bits per heavy atom. The van der Waals surface area contributed by atoms with Crippen molar-refractivity contribution >= 4 is 0 Å². The molecule has 5 nitrogen and oxygen atoms in total. The number of hydrogen-bond acceptors (Lipinski definition) is 4. The molecule has 2 rings (SSSR count). The third kappa shape index (κ3) is 2.19. The molecule has 0 atom stereocenters. The molecule has 0 aliphatic carbocycles.